The molecule has 1 aliphatic rings. The van der Waals surface area contributed by atoms with Gasteiger partial charge in [-0.2, -0.15) is 11.8 Å². The highest BCUT2D eigenvalue weighted by atomic mass is 32.2. The first-order valence-electron chi connectivity index (χ1n) is 5.09. The fourth-order valence-electron chi connectivity index (χ4n) is 1.95. The highest BCUT2D eigenvalue weighted by molar-refractivity contribution is 8.00. The van der Waals surface area contributed by atoms with Gasteiger partial charge in [0, 0.05) is 11.3 Å². The van der Waals surface area contributed by atoms with E-state index in [-0.39, 0.29) is 10.8 Å². The third-order valence-corrected chi connectivity index (χ3v) is 4.36. The standard InChI is InChI=1S/C10H19NO2S/c1-13-9(12)11-8-10(14-2)6-4-3-5-7-10/h3-8H2,1-2H3,(H,11,12). The average Bonchev–Trinajstić information content (AvgIpc) is 2.27. The molecule has 0 heterocycles. The summed E-state index contributed by atoms with van der Waals surface area (Å²) in [4.78, 5) is 11.0. The molecule has 0 saturated heterocycles. The molecule has 0 radical (unpaired) electrons. The third-order valence-electron chi connectivity index (χ3n) is 2.94. The number of alkyl carbamates (subject to hydrolysis) is 1. The summed E-state index contributed by atoms with van der Waals surface area (Å²) >= 11 is 1.88. The number of hydrogen-bond acceptors (Lipinski definition) is 3. The minimum atomic E-state index is -0.316. The second-order valence-corrected chi connectivity index (χ2v) is 5.07. The Morgan fingerprint density at radius 2 is 2.07 bits per heavy atom. The maximum Gasteiger partial charge on any atom is 0.406 e. The summed E-state index contributed by atoms with van der Waals surface area (Å²) in [6.07, 6.45) is 8.12. The normalized spacial score (nSPS) is 20.1. The molecule has 4 heteroatoms. The van der Waals surface area contributed by atoms with Crippen LogP contribution in [0.15, 0.2) is 0 Å². The van der Waals surface area contributed by atoms with E-state index in [1.165, 1.54) is 39.2 Å². The number of ether oxygens (including phenoxy) is 1. The summed E-state index contributed by atoms with van der Waals surface area (Å²) in [5, 5.41) is 2.81. The number of amides is 1. The Morgan fingerprint density at radius 1 is 1.43 bits per heavy atom. The first-order chi connectivity index (χ1) is 6.72. The molecule has 1 N–H and O–H groups in total. The zero-order chi connectivity index (χ0) is 10.4. The van der Waals surface area contributed by atoms with Crippen LogP contribution in [0.5, 0.6) is 0 Å². The van der Waals surface area contributed by atoms with E-state index >= 15 is 0 Å². The van der Waals surface area contributed by atoms with Crippen molar-refractivity contribution >= 4 is 17.9 Å². The molecule has 1 amide bonds. The Labute approximate surface area is 90.0 Å². The highest BCUT2D eigenvalue weighted by Gasteiger charge is 2.31. The van der Waals surface area contributed by atoms with Crippen LogP contribution in [-0.4, -0.2) is 30.8 Å². The van der Waals surface area contributed by atoms with Gasteiger partial charge in [0.25, 0.3) is 0 Å². The maximum absolute atomic E-state index is 11.0. The fraction of sp³-hybridized carbons (Fsp3) is 0.900. The molecule has 0 aromatic carbocycles. The lowest BCUT2D eigenvalue weighted by Gasteiger charge is -2.35. The second-order valence-electron chi connectivity index (χ2n) is 3.79. The van der Waals surface area contributed by atoms with Crippen molar-refractivity contribution in [3.63, 3.8) is 0 Å². The van der Waals surface area contributed by atoms with Crippen LogP contribution in [0.3, 0.4) is 0 Å². The molecule has 0 aromatic rings. The minimum Gasteiger partial charge on any atom is -0.453 e. The van der Waals surface area contributed by atoms with Gasteiger partial charge in [0.1, 0.15) is 0 Å². The van der Waals surface area contributed by atoms with Gasteiger partial charge in [-0.25, -0.2) is 4.79 Å². The minimum absolute atomic E-state index is 0.256. The molecular formula is C10H19NO2S. The zero-order valence-electron chi connectivity index (χ0n) is 8.97. The molecule has 0 aromatic heterocycles. The van der Waals surface area contributed by atoms with Crippen LogP contribution < -0.4 is 5.32 Å². The highest BCUT2D eigenvalue weighted by Crippen LogP contribution is 2.37. The number of hydrogen-bond donors (Lipinski definition) is 1. The number of nitrogens with one attached hydrogen (secondary N) is 1. The number of carbonyl (C=O) groups is 1. The smallest absolute Gasteiger partial charge is 0.406 e. The summed E-state index contributed by atoms with van der Waals surface area (Å²) in [6.45, 7) is 0.737. The Morgan fingerprint density at radius 3 is 2.57 bits per heavy atom. The van der Waals surface area contributed by atoms with Gasteiger partial charge in [-0.1, -0.05) is 19.3 Å². The molecule has 0 atom stereocenters. The first-order valence-corrected chi connectivity index (χ1v) is 6.32. The topological polar surface area (TPSA) is 38.3 Å². The number of rotatable bonds is 3. The Kier molecular flexibility index (Phi) is 4.58. The molecule has 0 spiro atoms. The molecule has 0 aliphatic heterocycles. The van der Waals surface area contributed by atoms with Gasteiger partial charge in [0.15, 0.2) is 0 Å². The Bertz CT molecular complexity index is 191. The largest absolute Gasteiger partial charge is 0.453 e. The summed E-state index contributed by atoms with van der Waals surface area (Å²) in [6, 6.07) is 0. The van der Waals surface area contributed by atoms with E-state index in [1.807, 2.05) is 11.8 Å². The van der Waals surface area contributed by atoms with Gasteiger partial charge >= 0.3 is 6.09 Å². The summed E-state index contributed by atoms with van der Waals surface area (Å²) in [5.41, 5.74) is 0. The summed E-state index contributed by atoms with van der Waals surface area (Å²) in [7, 11) is 1.40. The Balaban J connectivity index is 2.39. The molecule has 0 bridgehead atoms. The van der Waals surface area contributed by atoms with Crippen LogP contribution >= 0.6 is 11.8 Å². The van der Waals surface area contributed by atoms with Crippen molar-refractivity contribution in [2.75, 3.05) is 19.9 Å². The SMILES string of the molecule is COC(=O)NCC1(SC)CCCCC1. The number of carbonyl (C=O) groups excluding carboxylic acids is 1. The lowest BCUT2D eigenvalue weighted by atomic mass is 9.88. The van der Waals surface area contributed by atoms with Crippen LogP contribution in [0.25, 0.3) is 0 Å². The number of methoxy groups -OCH3 is 1. The lowest BCUT2D eigenvalue weighted by molar-refractivity contribution is 0.168. The van der Waals surface area contributed by atoms with Crippen LogP contribution in [0.2, 0.25) is 0 Å². The van der Waals surface area contributed by atoms with Crippen molar-refractivity contribution in [3.8, 4) is 0 Å². The third kappa shape index (κ3) is 3.08. The van der Waals surface area contributed by atoms with E-state index in [2.05, 4.69) is 16.3 Å². The maximum atomic E-state index is 11.0. The monoisotopic (exact) mass is 217 g/mol. The lowest BCUT2D eigenvalue weighted by Crippen LogP contribution is -2.41. The summed E-state index contributed by atoms with van der Waals surface area (Å²) < 4.78 is 4.83. The zero-order valence-corrected chi connectivity index (χ0v) is 9.78. The van der Waals surface area contributed by atoms with E-state index in [0.717, 1.165) is 6.54 Å². The molecule has 14 heavy (non-hydrogen) atoms. The second kappa shape index (κ2) is 5.49. The first kappa shape index (κ1) is 11.7. The molecule has 1 rings (SSSR count). The van der Waals surface area contributed by atoms with Crippen LogP contribution in [0, 0.1) is 0 Å². The van der Waals surface area contributed by atoms with Gasteiger partial charge in [-0.3, -0.25) is 0 Å². The van der Waals surface area contributed by atoms with Crippen LogP contribution in [0.1, 0.15) is 32.1 Å². The van der Waals surface area contributed by atoms with Gasteiger partial charge in [0.05, 0.1) is 7.11 Å². The predicted molar refractivity (Wildman–Crippen MR) is 59.7 cm³/mol. The van der Waals surface area contributed by atoms with E-state index in [9.17, 15) is 4.79 Å². The molecule has 0 unspecified atom stereocenters. The molecule has 1 saturated carbocycles. The predicted octanol–water partition coefficient (Wildman–Crippen LogP) is 2.41. The van der Waals surface area contributed by atoms with Gasteiger partial charge in [0.2, 0.25) is 0 Å². The molecule has 1 aliphatic carbocycles. The van der Waals surface area contributed by atoms with E-state index < -0.39 is 0 Å². The molecule has 1 fully saturated rings. The quantitative estimate of drug-likeness (QED) is 0.789. The van der Waals surface area contributed by atoms with Crippen molar-refractivity contribution in [1.82, 2.24) is 5.32 Å². The van der Waals surface area contributed by atoms with Crippen molar-refractivity contribution in [3.05, 3.63) is 0 Å². The summed E-state index contributed by atoms with van der Waals surface area (Å²) in [5.74, 6) is 0. The molecular weight excluding hydrogens is 198 g/mol. The van der Waals surface area contributed by atoms with E-state index in [1.54, 1.807) is 0 Å². The number of thioether (sulfide) groups is 1. The van der Waals surface area contributed by atoms with Crippen molar-refractivity contribution < 1.29 is 9.53 Å². The van der Waals surface area contributed by atoms with Gasteiger partial charge < -0.3 is 10.1 Å². The van der Waals surface area contributed by atoms with Crippen LogP contribution in [0.4, 0.5) is 4.79 Å². The molecule has 3 nitrogen and oxygen atoms in total. The van der Waals surface area contributed by atoms with Crippen molar-refractivity contribution in [2.24, 2.45) is 0 Å². The van der Waals surface area contributed by atoms with Gasteiger partial charge in [-0.15, -0.1) is 0 Å². The van der Waals surface area contributed by atoms with Crippen molar-refractivity contribution in [2.45, 2.75) is 36.9 Å². The van der Waals surface area contributed by atoms with E-state index in [0.29, 0.717) is 0 Å². The fourth-order valence-corrected chi connectivity index (χ4v) is 2.87. The molecule has 82 valence electrons. The Hall–Kier alpha value is -0.380. The van der Waals surface area contributed by atoms with Crippen LogP contribution in [-0.2, 0) is 4.74 Å². The van der Waals surface area contributed by atoms with Gasteiger partial charge in [-0.05, 0) is 19.1 Å². The average molecular weight is 217 g/mol. The van der Waals surface area contributed by atoms with E-state index in [4.69, 9.17) is 0 Å². The van der Waals surface area contributed by atoms with Crippen molar-refractivity contribution in [1.29, 1.82) is 0 Å².